The van der Waals surface area contributed by atoms with Gasteiger partial charge in [-0.1, -0.05) is 18.2 Å². The maximum Gasteiger partial charge on any atom is 0.387 e. The number of guanidine groups is 1. The van der Waals surface area contributed by atoms with Crippen LogP contribution < -0.4 is 20.5 Å². The summed E-state index contributed by atoms with van der Waals surface area (Å²) in [6.45, 7) is -2.61. The van der Waals surface area contributed by atoms with Gasteiger partial charge in [0, 0.05) is 11.8 Å². The number of aliphatic imine (C=N–C) groups is 1. The number of benzene rings is 2. The molecule has 2 rings (SSSR count). The molecule has 0 unspecified atom stereocenters. The summed E-state index contributed by atoms with van der Waals surface area (Å²) >= 11 is 0. The Morgan fingerprint density at radius 2 is 1.91 bits per heavy atom. The van der Waals surface area contributed by atoms with Gasteiger partial charge in [0.15, 0.2) is 5.96 Å². The zero-order valence-corrected chi connectivity index (χ0v) is 12.5. The summed E-state index contributed by atoms with van der Waals surface area (Å²) in [5, 5.41) is 2.93. The van der Waals surface area contributed by atoms with E-state index in [2.05, 4.69) is 15.0 Å². The number of alkyl halides is 2. The molecule has 0 bridgehead atoms. The Balaban J connectivity index is 1.98. The molecule has 0 heterocycles. The fourth-order valence-corrected chi connectivity index (χ4v) is 1.88. The predicted molar refractivity (Wildman–Crippen MR) is 85.0 cm³/mol. The van der Waals surface area contributed by atoms with Gasteiger partial charge in [-0.2, -0.15) is 8.78 Å². The van der Waals surface area contributed by atoms with Crippen molar-refractivity contribution in [2.45, 2.75) is 13.2 Å². The van der Waals surface area contributed by atoms with Crippen molar-refractivity contribution in [2.75, 3.05) is 12.4 Å². The summed E-state index contributed by atoms with van der Waals surface area (Å²) in [6, 6.07) is 13.6. The molecule has 2 aromatic carbocycles. The number of nitrogens with two attached hydrogens (primary N) is 1. The second kappa shape index (κ2) is 7.98. The van der Waals surface area contributed by atoms with E-state index in [1.807, 2.05) is 18.2 Å². The van der Waals surface area contributed by atoms with Crippen molar-refractivity contribution >= 4 is 11.6 Å². The molecule has 0 saturated heterocycles. The summed E-state index contributed by atoms with van der Waals surface area (Å²) in [5.74, 6) is 0.991. The van der Waals surface area contributed by atoms with Crippen molar-refractivity contribution in [3.63, 3.8) is 0 Å². The van der Waals surface area contributed by atoms with Gasteiger partial charge in [0.2, 0.25) is 0 Å². The molecule has 0 aliphatic rings. The summed E-state index contributed by atoms with van der Waals surface area (Å²) in [7, 11) is 1.57. The van der Waals surface area contributed by atoms with Crippen LogP contribution in [0.3, 0.4) is 0 Å². The lowest BCUT2D eigenvalue weighted by molar-refractivity contribution is -0.0498. The molecule has 0 saturated carbocycles. The van der Waals surface area contributed by atoms with Crippen LogP contribution in [0.4, 0.5) is 14.5 Å². The SMILES string of the molecule is COc1cccc(NC(N)=NCc2cccc(OC(F)F)c2)c1. The number of nitrogens with one attached hydrogen (secondary N) is 1. The number of hydrogen-bond acceptors (Lipinski definition) is 3. The quantitative estimate of drug-likeness (QED) is 0.633. The monoisotopic (exact) mass is 321 g/mol. The minimum absolute atomic E-state index is 0.0898. The van der Waals surface area contributed by atoms with E-state index in [9.17, 15) is 8.78 Å². The summed E-state index contributed by atoms with van der Waals surface area (Å²) in [6.07, 6.45) is 0. The molecular formula is C16H17F2N3O2. The minimum atomic E-state index is -2.85. The molecule has 2 aromatic rings. The number of methoxy groups -OCH3 is 1. The highest BCUT2D eigenvalue weighted by atomic mass is 19.3. The van der Waals surface area contributed by atoms with Gasteiger partial charge in [-0.05, 0) is 29.8 Å². The zero-order chi connectivity index (χ0) is 16.7. The van der Waals surface area contributed by atoms with Gasteiger partial charge >= 0.3 is 6.61 Å². The van der Waals surface area contributed by atoms with Crippen molar-refractivity contribution in [1.29, 1.82) is 0 Å². The molecule has 3 N–H and O–H groups in total. The van der Waals surface area contributed by atoms with Gasteiger partial charge in [0.1, 0.15) is 11.5 Å². The molecule has 0 aliphatic heterocycles. The van der Waals surface area contributed by atoms with Crippen LogP contribution in [-0.2, 0) is 6.54 Å². The first-order valence-electron chi connectivity index (χ1n) is 6.81. The van der Waals surface area contributed by atoms with E-state index in [0.29, 0.717) is 11.3 Å². The molecule has 0 spiro atoms. The van der Waals surface area contributed by atoms with E-state index in [-0.39, 0.29) is 18.3 Å². The average Bonchev–Trinajstić information content (AvgIpc) is 2.53. The number of halogens is 2. The molecule has 0 atom stereocenters. The smallest absolute Gasteiger partial charge is 0.387 e. The van der Waals surface area contributed by atoms with E-state index in [1.54, 1.807) is 25.3 Å². The van der Waals surface area contributed by atoms with Gasteiger partial charge in [0.05, 0.1) is 13.7 Å². The summed E-state index contributed by atoms with van der Waals surface area (Å²) < 4.78 is 33.8. The van der Waals surface area contributed by atoms with Gasteiger partial charge in [0.25, 0.3) is 0 Å². The summed E-state index contributed by atoms with van der Waals surface area (Å²) in [4.78, 5) is 4.16. The van der Waals surface area contributed by atoms with Crippen molar-refractivity contribution in [3.8, 4) is 11.5 Å². The Hall–Kier alpha value is -2.83. The maximum atomic E-state index is 12.2. The van der Waals surface area contributed by atoms with E-state index in [0.717, 1.165) is 5.69 Å². The minimum Gasteiger partial charge on any atom is -0.497 e. The van der Waals surface area contributed by atoms with Crippen LogP contribution in [0.1, 0.15) is 5.56 Å². The maximum absolute atomic E-state index is 12.2. The number of anilines is 1. The molecule has 0 amide bonds. The zero-order valence-electron chi connectivity index (χ0n) is 12.5. The third-order valence-corrected chi connectivity index (χ3v) is 2.90. The van der Waals surface area contributed by atoms with E-state index >= 15 is 0 Å². The van der Waals surface area contributed by atoms with Crippen LogP contribution in [0, 0.1) is 0 Å². The van der Waals surface area contributed by atoms with Crippen molar-refractivity contribution in [2.24, 2.45) is 10.7 Å². The van der Waals surface area contributed by atoms with Crippen molar-refractivity contribution in [3.05, 3.63) is 54.1 Å². The molecular weight excluding hydrogens is 304 g/mol. The lowest BCUT2D eigenvalue weighted by atomic mass is 10.2. The van der Waals surface area contributed by atoms with Gasteiger partial charge < -0.3 is 20.5 Å². The topological polar surface area (TPSA) is 68.9 Å². The molecule has 23 heavy (non-hydrogen) atoms. The molecule has 0 radical (unpaired) electrons. The van der Waals surface area contributed by atoms with Crippen LogP contribution in [0.2, 0.25) is 0 Å². The highest BCUT2D eigenvalue weighted by molar-refractivity contribution is 5.92. The highest BCUT2D eigenvalue weighted by Gasteiger charge is 2.04. The van der Waals surface area contributed by atoms with Crippen LogP contribution >= 0.6 is 0 Å². The Morgan fingerprint density at radius 1 is 1.17 bits per heavy atom. The van der Waals surface area contributed by atoms with Gasteiger partial charge in [-0.3, -0.25) is 0 Å². The second-order valence-corrected chi connectivity index (χ2v) is 4.58. The molecule has 0 fully saturated rings. The summed E-state index contributed by atoms with van der Waals surface area (Å²) in [5.41, 5.74) is 7.25. The standard InChI is InChI=1S/C16H17F2N3O2/c1-22-13-6-3-5-12(9-13)21-16(19)20-10-11-4-2-7-14(8-11)23-15(17)18/h2-9,15H,10H2,1H3,(H3,19,20,21). The molecule has 122 valence electrons. The first kappa shape index (κ1) is 16.5. The fraction of sp³-hybridized carbons (Fsp3) is 0.188. The molecule has 7 heteroatoms. The average molecular weight is 321 g/mol. The highest BCUT2D eigenvalue weighted by Crippen LogP contribution is 2.18. The number of hydrogen-bond donors (Lipinski definition) is 2. The Labute approximate surface area is 132 Å². The largest absolute Gasteiger partial charge is 0.497 e. The first-order chi connectivity index (χ1) is 11.1. The van der Waals surface area contributed by atoms with Crippen LogP contribution in [0.25, 0.3) is 0 Å². The Kier molecular flexibility index (Phi) is 5.74. The predicted octanol–water partition coefficient (Wildman–Crippen LogP) is 3.22. The fourth-order valence-electron chi connectivity index (χ4n) is 1.88. The normalized spacial score (nSPS) is 11.4. The van der Waals surface area contributed by atoms with Crippen LogP contribution in [0.15, 0.2) is 53.5 Å². The molecule has 0 aromatic heterocycles. The first-order valence-corrected chi connectivity index (χ1v) is 6.81. The van der Waals surface area contributed by atoms with Crippen molar-refractivity contribution in [1.82, 2.24) is 0 Å². The Bertz CT molecular complexity index is 678. The third kappa shape index (κ3) is 5.46. The number of ether oxygens (including phenoxy) is 2. The van der Waals surface area contributed by atoms with Crippen LogP contribution in [0.5, 0.6) is 11.5 Å². The third-order valence-electron chi connectivity index (χ3n) is 2.90. The van der Waals surface area contributed by atoms with Crippen LogP contribution in [-0.4, -0.2) is 19.7 Å². The molecule has 5 nitrogen and oxygen atoms in total. The second-order valence-electron chi connectivity index (χ2n) is 4.58. The van der Waals surface area contributed by atoms with E-state index in [4.69, 9.17) is 10.5 Å². The molecule has 0 aliphatic carbocycles. The van der Waals surface area contributed by atoms with Gasteiger partial charge in [-0.25, -0.2) is 4.99 Å². The number of rotatable bonds is 6. The van der Waals surface area contributed by atoms with Gasteiger partial charge in [-0.15, -0.1) is 0 Å². The van der Waals surface area contributed by atoms with E-state index < -0.39 is 6.61 Å². The number of nitrogens with zero attached hydrogens (tertiary/aromatic N) is 1. The lowest BCUT2D eigenvalue weighted by Gasteiger charge is -2.08. The lowest BCUT2D eigenvalue weighted by Crippen LogP contribution is -2.22. The van der Waals surface area contributed by atoms with Crippen molar-refractivity contribution < 1.29 is 18.3 Å². The Morgan fingerprint density at radius 3 is 2.65 bits per heavy atom. The van der Waals surface area contributed by atoms with E-state index in [1.165, 1.54) is 12.1 Å².